The first-order valence-corrected chi connectivity index (χ1v) is 4.95. The van der Waals surface area contributed by atoms with Crippen LogP contribution in [0.1, 0.15) is 6.42 Å². The van der Waals surface area contributed by atoms with Gasteiger partial charge in [-0.05, 0) is 18.3 Å². The Bertz CT molecular complexity index is 225. The molecule has 0 heterocycles. The van der Waals surface area contributed by atoms with Gasteiger partial charge in [-0.1, -0.05) is 52.4 Å². The van der Waals surface area contributed by atoms with Crippen molar-refractivity contribution >= 4 is 15.9 Å². The fraction of sp³-hybridized carbons (Fsp3) is 0.400. The molecule has 0 N–H and O–H groups in total. The highest BCUT2D eigenvalue weighted by Gasteiger charge is 2.21. The largest absolute Gasteiger partial charge is 0.0839 e. The Morgan fingerprint density at radius 2 is 1.82 bits per heavy atom. The van der Waals surface area contributed by atoms with Crippen LogP contribution in [0, 0.1) is 11.8 Å². The molecule has 0 saturated carbocycles. The van der Waals surface area contributed by atoms with Crippen molar-refractivity contribution in [1.29, 1.82) is 0 Å². The van der Waals surface area contributed by atoms with Gasteiger partial charge < -0.3 is 0 Å². The molecule has 11 heavy (non-hydrogen) atoms. The molecule has 0 saturated heterocycles. The Morgan fingerprint density at radius 3 is 2.73 bits per heavy atom. The predicted molar refractivity (Wildman–Crippen MR) is 51.7 cm³/mol. The lowest BCUT2D eigenvalue weighted by atomic mass is 9.88. The molecule has 0 aromatic carbocycles. The Labute approximate surface area is 75.8 Å². The van der Waals surface area contributed by atoms with E-state index in [1.165, 1.54) is 6.42 Å². The topological polar surface area (TPSA) is 0 Å². The van der Waals surface area contributed by atoms with Crippen LogP contribution in [-0.2, 0) is 0 Å². The third kappa shape index (κ3) is 1.48. The number of halogens is 1. The minimum absolute atomic E-state index is 0.551. The van der Waals surface area contributed by atoms with E-state index < -0.39 is 0 Å². The molecule has 0 radical (unpaired) electrons. The van der Waals surface area contributed by atoms with Crippen LogP contribution in [0.25, 0.3) is 0 Å². The zero-order valence-electron chi connectivity index (χ0n) is 6.28. The zero-order valence-corrected chi connectivity index (χ0v) is 7.87. The Kier molecular flexibility index (Phi) is 1.99. The van der Waals surface area contributed by atoms with Crippen molar-refractivity contribution in [3.63, 3.8) is 0 Å². The Morgan fingerprint density at radius 1 is 1.00 bits per heavy atom. The molecule has 58 valence electrons. The molecule has 2 aliphatic rings. The second-order valence-electron chi connectivity index (χ2n) is 3.16. The number of hydrogen-bond donors (Lipinski definition) is 0. The standard InChI is InChI=1S/C10H11Br/c11-10-6-5-8-3-1-2-4-9(10)7-8/h1-6,8-10H,7H2. The van der Waals surface area contributed by atoms with Crippen LogP contribution in [0.4, 0.5) is 0 Å². The molecular weight excluding hydrogens is 200 g/mol. The molecule has 0 aliphatic heterocycles. The number of alkyl halides is 1. The van der Waals surface area contributed by atoms with E-state index in [9.17, 15) is 0 Å². The third-order valence-corrected chi connectivity index (χ3v) is 3.31. The van der Waals surface area contributed by atoms with Gasteiger partial charge in [0, 0.05) is 4.83 Å². The van der Waals surface area contributed by atoms with Gasteiger partial charge in [0.2, 0.25) is 0 Å². The molecule has 2 aliphatic carbocycles. The summed E-state index contributed by atoms with van der Waals surface area (Å²) >= 11 is 3.65. The summed E-state index contributed by atoms with van der Waals surface area (Å²) in [4.78, 5) is 0.551. The van der Waals surface area contributed by atoms with Gasteiger partial charge in [0.1, 0.15) is 0 Å². The van der Waals surface area contributed by atoms with Gasteiger partial charge in [-0.2, -0.15) is 0 Å². The minimum atomic E-state index is 0.551. The summed E-state index contributed by atoms with van der Waals surface area (Å²) < 4.78 is 0. The molecule has 0 spiro atoms. The lowest BCUT2D eigenvalue weighted by molar-refractivity contribution is 0.536. The molecule has 0 amide bonds. The van der Waals surface area contributed by atoms with E-state index in [0.29, 0.717) is 16.7 Å². The molecule has 1 heteroatoms. The third-order valence-electron chi connectivity index (χ3n) is 2.32. The average molecular weight is 211 g/mol. The van der Waals surface area contributed by atoms with Gasteiger partial charge in [0.15, 0.2) is 0 Å². The van der Waals surface area contributed by atoms with Crippen molar-refractivity contribution in [2.45, 2.75) is 11.2 Å². The van der Waals surface area contributed by atoms with Gasteiger partial charge in [-0.3, -0.25) is 0 Å². The summed E-state index contributed by atoms with van der Waals surface area (Å²) in [5.41, 5.74) is 0. The summed E-state index contributed by atoms with van der Waals surface area (Å²) in [6, 6.07) is 0. The van der Waals surface area contributed by atoms with Gasteiger partial charge in [-0.25, -0.2) is 0 Å². The number of fused-ring (bicyclic) bond motifs is 2. The summed E-state index contributed by atoms with van der Waals surface area (Å²) in [6.45, 7) is 0. The highest BCUT2D eigenvalue weighted by atomic mass is 79.9. The Balaban J connectivity index is 2.27. The quantitative estimate of drug-likeness (QED) is 0.426. The number of allylic oxidation sites excluding steroid dienone is 6. The van der Waals surface area contributed by atoms with E-state index in [1.54, 1.807) is 0 Å². The second kappa shape index (κ2) is 2.98. The molecule has 0 nitrogen and oxygen atoms in total. The van der Waals surface area contributed by atoms with E-state index >= 15 is 0 Å². The van der Waals surface area contributed by atoms with Crippen LogP contribution in [0.2, 0.25) is 0 Å². The summed E-state index contributed by atoms with van der Waals surface area (Å²) in [6.07, 6.45) is 14.7. The van der Waals surface area contributed by atoms with Crippen LogP contribution in [-0.4, -0.2) is 4.83 Å². The first kappa shape index (κ1) is 7.35. The molecule has 0 aromatic rings. The first-order valence-electron chi connectivity index (χ1n) is 4.03. The van der Waals surface area contributed by atoms with Crippen LogP contribution >= 0.6 is 15.9 Å². The molecule has 2 rings (SSSR count). The molecule has 0 fully saturated rings. The Hall–Kier alpha value is -0.300. The first-order chi connectivity index (χ1) is 5.36. The van der Waals surface area contributed by atoms with Crippen LogP contribution < -0.4 is 0 Å². The number of hydrogen-bond acceptors (Lipinski definition) is 0. The summed E-state index contributed by atoms with van der Waals surface area (Å²) in [5.74, 6) is 1.36. The smallest absolute Gasteiger partial charge is 0.0388 e. The van der Waals surface area contributed by atoms with E-state index in [0.717, 1.165) is 0 Å². The van der Waals surface area contributed by atoms with Crippen molar-refractivity contribution < 1.29 is 0 Å². The van der Waals surface area contributed by atoms with E-state index in [1.807, 2.05) is 0 Å². The summed E-state index contributed by atoms with van der Waals surface area (Å²) in [7, 11) is 0. The maximum Gasteiger partial charge on any atom is 0.0388 e. The fourth-order valence-electron chi connectivity index (χ4n) is 1.66. The molecule has 2 bridgehead atoms. The molecular formula is C10H11Br. The highest BCUT2D eigenvalue weighted by molar-refractivity contribution is 9.09. The van der Waals surface area contributed by atoms with E-state index in [-0.39, 0.29) is 0 Å². The normalized spacial score (nSPS) is 40.6. The van der Waals surface area contributed by atoms with E-state index in [2.05, 4.69) is 52.4 Å². The maximum absolute atomic E-state index is 3.65. The van der Waals surface area contributed by atoms with Crippen molar-refractivity contribution in [2.75, 3.05) is 0 Å². The van der Waals surface area contributed by atoms with Gasteiger partial charge in [-0.15, -0.1) is 0 Å². The van der Waals surface area contributed by atoms with E-state index in [4.69, 9.17) is 0 Å². The maximum atomic E-state index is 3.65. The van der Waals surface area contributed by atoms with Crippen molar-refractivity contribution in [3.05, 3.63) is 36.5 Å². The second-order valence-corrected chi connectivity index (χ2v) is 4.22. The van der Waals surface area contributed by atoms with Crippen LogP contribution in [0.15, 0.2) is 36.5 Å². The summed E-state index contributed by atoms with van der Waals surface area (Å²) in [5, 5.41) is 0. The van der Waals surface area contributed by atoms with Crippen LogP contribution in [0.5, 0.6) is 0 Å². The van der Waals surface area contributed by atoms with Crippen molar-refractivity contribution in [3.8, 4) is 0 Å². The van der Waals surface area contributed by atoms with Gasteiger partial charge in [0.25, 0.3) is 0 Å². The monoisotopic (exact) mass is 210 g/mol. The SMILES string of the molecule is BrC1C=CC2C=CC=CC1C2. The van der Waals surface area contributed by atoms with Crippen LogP contribution in [0.3, 0.4) is 0 Å². The molecule has 3 atom stereocenters. The molecule has 0 aromatic heterocycles. The fourth-order valence-corrected chi connectivity index (χ4v) is 2.22. The zero-order chi connectivity index (χ0) is 7.68. The lowest BCUT2D eigenvalue weighted by Crippen LogP contribution is -2.16. The average Bonchev–Trinajstić information content (AvgIpc) is 2.21. The predicted octanol–water partition coefficient (Wildman–Crippen LogP) is 3.07. The minimum Gasteiger partial charge on any atom is -0.0839 e. The highest BCUT2D eigenvalue weighted by Crippen LogP contribution is 2.31. The van der Waals surface area contributed by atoms with Gasteiger partial charge in [0.05, 0.1) is 0 Å². The lowest BCUT2D eigenvalue weighted by Gasteiger charge is -2.23. The number of rotatable bonds is 0. The van der Waals surface area contributed by atoms with Crippen molar-refractivity contribution in [1.82, 2.24) is 0 Å². The molecule has 3 unspecified atom stereocenters. The van der Waals surface area contributed by atoms with Gasteiger partial charge >= 0.3 is 0 Å². The van der Waals surface area contributed by atoms with Crippen molar-refractivity contribution in [2.24, 2.45) is 11.8 Å².